The zero-order chi connectivity index (χ0) is 10.5. The fourth-order valence-corrected chi connectivity index (χ4v) is 1.50. The maximum Gasteiger partial charge on any atom is 0.406 e. The van der Waals surface area contributed by atoms with E-state index in [4.69, 9.17) is 4.74 Å². The highest BCUT2D eigenvalue weighted by Crippen LogP contribution is 2.25. The maximum atomic E-state index is 10.8. The first-order chi connectivity index (χ1) is 5.87. The third-order valence-corrected chi connectivity index (χ3v) is 1.76. The molecule has 1 amide bonds. The van der Waals surface area contributed by atoms with E-state index in [2.05, 4.69) is 33.0 Å². The van der Waals surface area contributed by atoms with Crippen LogP contribution in [0, 0.1) is 11.3 Å². The molecular formula is C10H21NO2. The molecule has 0 heterocycles. The fourth-order valence-electron chi connectivity index (χ4n) is 1.50. The second-order valence-corrected chi connectivity index (χ2v) is 4.59. The van der Waals surface area contributed by atoms with Crippen LogP contribution in [0.4, 0.5) is 4.79 Å². The molecule has 0 bridgehead atoms. The third-order valence-electron chi connectivity index (χ3n) is 1.76. The number of hydrogen-bond acceptors (Lipinski definition) is 2. The van der Waals surface area contributed by atoms with Gasteiger partial charge in [-0.25, -0.2) is 4.79 Å². The summed E-state index contributed by atoms with van der Waals surface area (Å²) in [4.78, 5) is 10.8. The average molecular weight is 187 g/mol. The predicted molar refractivity (Wildman–Crippen MR) is 53.6 cm³/mol. The van der Waals surface area contributed by atoms with E-state index in [9.17, 15) is 4.79 Å². The largest absolute Gasteiger partial charge is 0.449 e. The Morgan fingerprint density at radius 3 is 2.38 bits per heavy atom. The van der Waals surface area contributed by atoms with Crippen molar-refractivity contribution < 1.29 is 9.53 Å². The molecule has 78 valence electrons. The van der Waals surface area contributed by atoms with E-state index in [0.717, 1.165) is 6.42 Å². The molecule has 0 aliphatic heterocycles. The highest BCUT2D eigenvalue weighted by atomic mass is 16.5. The maximum absolute atomic E-state index is 10.8. The van der Waals surface area contributed by atoms with Crippen LogP contribution in [0.3, 0.4) is 0 Å². The van der Waals surface area contributed by atoms with Crippen molar-refractivity contribution >= 4 is 6.09 Å². The van der Waals surface area contributed by atoms with Gasteiger partial charge in [0, 0.05) is 7.05 Å². The van der Waals surface area contributed by atoms with Gasteiger partial charge in [0.15, 0.2) is 0 Å². The molecule has 1 N–H and O–H groups in total. The number of amides is 1. The summed E-state index contributed by atoms with van der Waals surface area (Å²) < 4.78 is 5.01. The van der Waals surface area contributed by atoms with E-state index < -0.39 is 0 Å². The first-order valence-electron chi connectivity index (χ1n) is 4.72. The van der Waals surface area contributed by atoms with Gasteiger partial charge in [0.05, 0.1) is 6.61 Å². The second kappa shape index (κ2) is 5.10. The number of ether oxygens (including phenoxy) is 1. The minimum absolute atomic E-state index is 0.0701. The topological polar surface area (TPSA) is 38.3 Å². The summed E-state index contributed by atoms with van der Waals surface area (Å²) in [6.07, 6.45) is 0.709. The third kappa shape index (κ3) is 6.43. The number of carbonyl (C=O) groups excluding carboxylic acids is 1. The van der Waals surface area contributed by atoms with Gasteiger partial charge in [0.2, 0.25) is 0 Å². The van der Waals surface area contributed by atoms with Crippen molar-refractivity contribution in [3.8, 4) is 0 Å². The lowest BCUT2D eigenvalue weighted by molar-refractivity contribution is 0.0893. The number of rotatable bonds is 4. The van der Waals surface area contributed by atoms with Gasteiger partial charge in [-0.3, -0.25) is 0 Å². The van der Waals surface area contributed by atoms with Gasteiger partial charge in [0.1, 0.15) is 0 Å². The Morgan fingerprint density at radius 2 is 2.00 bits per heavy atom. The second-order valence-electron chi connectivity index (χ2n) is 4.59. The van der Waals surface area contributed by atoms with Crippen LogP contribution in [-0.2, 0) is 4.74 Å². The van der Waals surface area contributed by atoms with E-state index in [1.165, 1.54) is 0 Å². The van der Waals surface area contributed by atoms with Gasteiger partial charge in [-0.2, -0.15) is 0 Å². The molecular weight excluding hydrogens is 166 g/mol. The van der Waals surface area contributed by atoms with E-state index in [1.54, 1.807) is 7.05 Å². The molecule has 0 aromatic carbocycles. The zero-order valence-corrected chi connectivity index (χ0v) is 9.31. The lowest BCUT2D eigenvalue weighted by atomic mass is 9.85. The van der Waals surface area contributed by atoms with Crippen molar-refractivity contribution in [3.63, 3.8) is 0 Å². The molecule has 0 saturated carbocycles. The molecule has 0 rings (SSSR count). The standard InChI is InChI=1S/C10H21NO2/c1-8(2)6-10(3,4)7-13-9(12)11-5/h8H,6-7H2,1-5H3,(H,11,12). The summed E-state index contributed by atoms with van der Waals surface area (Å²) in [5.41, 5.74) is 0.0701. The minimum Gasteiger partial charge on any atom is -0.449 e. The Kier molecular flexibility index (Phi) is 4.81. The van der Waals surface area contributed by atoms with Crippen molar-refractivity contribution in [1.82, 2.24) is 5.32 Å². The smallest absolute Gasteiger partial charge is 0.406 e. The first kappa shape index (κ1) is 12.3. The molecule has 3 nitrogen and oxygen atoms in total. The van der Waals surface area contributed by atoms with Crippen LogP contribution in [0.5, 0.6) is 0 Å². The van der Waals surface area contributed by atoms with Gasteiger partial charge in [-0.1, -0.05) is 27.7 Å². The van der Waals surface area contributed by atoms with E-state index in [0.29, 0.717) is 12.5 Å². The molecule has 13 heavy (non-hydrogen) atoms. The number of carbonyl (C=O) groups is 1. The summed E-state index contributed by atoms with van der Waals surface area (Å²) in [6.45, 7) is 9.03. The summed E-state index contributed by atoms with van der Waals surface area (Å²) in [5.74, 6) is 0.628. The van der Waals surface area contributed by atoms with Gasteiger partial charge < -0.3 is 10.1 Å². The summed E-state index contributed by atoms with van der Waals surface area (Å²) in [6, 6.07) is 0. The number of nitrogens with one attached hydrogen (secondary N) is 1. The van der Waals surface area contributed by atoms with Crippen LogP contribution in [0.15, 0.2) is 0 Å². The quantitative estimate of drug-likeness (QED) is 0.734. The van der Waals surface area contributed by atoms with Gasteiger partial charge in [-0.15, -0.1) is 0 Å². The minimum atomic E-state index is -0.350. The molecule has 0 aliphatic carbocycles. The zero-order valence-electron chi connectivity index (χ0n) is 9.31. The van der Waals surface area contributed by atoms with Crippen molar-refractivity contribution in [2.75, 3.05) is 13.7 Å². The van der Waals surface area contributed by atoms with Crippen LogP contribution in [-0.4, -0.2) is 19.7 Å². The molecule has 0 aromatic heterocycles. The molecule has 0 aliphatic rings. The van der Waals surface area contributed by atoms with Crippen molar-refractivity contribution in [3.05, 3.63) is 0 Å². The molecule has 0 aromatic rings. The van der Waals surface area contributed by atoms with Crippen LogP contribution < -0.4 is 5.32 Å². The van der Waals surface area contributed by atoms with E-state index in [1.807, 2.05) is 0 Å². The normalized spacial score (nSPS) is 11.5. The lowest BCUT2D eigenvalue weighted by Crippen LogP contribution is -2.27. The predicted octanol–water partition coefficient (Wildman–Crippen LogP) is 2.41. The molecule has 0 fully saturated rings. The molecule has 3 heteroatoms. The van der Waals surface area contributed by atoms with Crippen LogP contribution >= 0.6 is 0 Å². The van der Waals surface area contributed by atoms with Crippen LogP contribution in [0.25, 0.3) is 0 Å². The van der Waals surface area contributed by atoms with Gasteiger partial charge >= 0.3 is 6.09 Å². The first-order valence-corrected chi connectivity index (χ1v) is 4.72. The average Bonchev–Trinajstić information content (AvgIpc) is 1.98. The Labute approximate surface area is 80.8 Å². The van der Waals surface area contributed by atoms with E-state index >= 15 is 0 Å². The highest BCUT2D eigenvalue weighted by Gasteiger charge is 2.21. The van der Waals surface area contributed by atoms with Crippen molar-refractivity contribution in [2.24, 2.45) is 11.3 Å². The van der Waals surface area contributed by atoms with Gasteiger partial charge in [-0.05, 0) is 17.8 Å². The van der Waals surface area contributed by atoms with E-state index in [-0.39, 0.29) is 11.5 Å². The monoisotopic (exact) mass is 187 g/mol. The summed E-state index contributed by atoms with van der Waals surface area (Å²) in [7, 11) is 1.57. The molecule has 0 atom stereocenters. The number of hydrogen-bond donors (Lipinski definition) is 1. The molecule has 0 radical (unpaired) electrons. The SMILES string of the molecule is CNC(=O)OCC(C)(C)CC(C)C. The number of alkyl carbamates (subject to hydrolysis) is 1. The Hall–Kier alpha value is -0.730. The highest BCUT2D eigenvalue weighted by molar-refractivity contribution is 5.66. The Morgan fingerprint density at radius 1 is 1.46 bits per heavy atom. The molecule has 0 saturated heterocycles. The van der Waals surface area contributed by atoms with Crippen LogP contribution in [0.1, 0.15) is 34.1 Å². The Bertz CT molecular complexity index is 164. The van der Waals surface area contributed by atoms with Crippen LogP contribution in [0.2, 0.25) is 0 Å². The summed E-state index contributed by atoms with van der Waals surface area (Å²) >= 11 is 0. The van der Waals surface area contributed by atoms with Crippen molar-refractivity contribution in [2.45, 2.75) is 34.1 Å². The Balaban J connectivity index is 3.81. The lowest BCUT2D eigenvalue weighted by Gasteiger charge is -2.25. The van der Waals surface area contributed by atoms with Crippen molar-refractivity contribution in [1.29, 1.82) is 0 Å². The molecule has 0 unspecified atom stereocenters. The fraction of sp³-hybridized carbons (Fsp3) is 0.900. The van der Waals surface area contributed by atoms with Gasteiger partial charge in [0.25, 0.3) is 0 Å². The molecule has 0 spiro atoms. The summed E-state index contributed by atoms with van der Waals surface area (Å²) in [5, 5.41) is 2.43.